The van der Waals surface area contributed by atoms with E-state index in [-0.39, 0.29) is 5.91 Å². The highest BCUT2D eigenvalue weighted by Crippen LogP contribution is 2.11. The molecule has 18 heavy (non-hydrogen) atoms. The van der Waals surface area contributed by atoms with Gasteiger partial charge in [0.05, 0.1) is 0 Å². The van der Waals surface area contributed by atoms with Crippen LogP contribution in [0.15, 0.2) is 22.8 Å². The predicted octanol–water partition coefficient (Wildman–Crippen LogP) is 4.53. The Labute approximate surface area is 118 Å². The number of carbonyl (C=O) groups is 1. The lowest BCUT2D eigenvalue weighted by atomic mass is 10.1. The van der Waals surface area contributed by atoms with Crippen LogP contribution in [0, 0.1) is 0 Å². The molecule has 0 spiro atoms. The summed E-state index contributed by atoms with van der Waals surface area (Å²) in [6.45, 7) is 2.21. The number of hydrogen-bond acceptors (Lipinski definition) is 2. The molecular weight excluding hydrogens is 292 g/mol. The number of unbranched alkanes of at least 4 members (excludes halogenated alkanes) is 5. The normalized spacial score (nSPS) is 10.3. The van der Waals surface area contributed by atoms with E-state index in [4.69, 9.17) is 0 Å². The molecule has 1 heterocycles. The van der Waals surface area contributed by atoms with Crippen LogP contribution in [0.1, 0.15) is 51.9 Å². The Morgan fingerprint density at radius 2 is 1.94 bits per heavy atom. The molecule has 3 nitrogen and oxygen atoms in total. The fourth-order valence-electron chi connectivity index (χ4n) is 1.72. The predicted molar refractivity (Wildman–Crippen MR) is 78.6 cm³/mol. The lowest BCUT2D eigenvalue weighted by molar-refractivity contribution is -0.116. The van der Waals surface area contributed by atoms with Crippen LogP contribution in [-0.2, 0) is 4.79 Å². The van der Waals surface area contributed by atoms with E-state index < -0.39 is 0 Å². The smallest absolute Gasteiger partial charge is 0.225 e. The van der Waals surface area contributed by atoms with Crippen LogP contribution in [0.2, 0.25) is 0 Å². The number of anilines is 1. The molecule has 4 heteroatoms. The Balaban J connectivity index is 2.12. The summed E-state index contributed by atoms with van der Waals surface area (Å²) in [7, 11) is 0. The molecule has 0 unspecified atom stereocenters. The van der Waals surface area contributed by atoms with Crippen molar-refractivity contribution in [2.75, 3.05) is 5.32 Å². The molecule has 0 radical (unpaired) electrons. The summed E-state index contributed by atoms with van der Waals surface area (Å²) in [5.41, 5.74) is 0. The average Bonchev–Trinajstić information content (AvgIpc) is 2.36. The van der Waals surface area contributed by atoms with E-state index in [2.05, 4.69) is 33.2 Å². The molecule has 1 aromatic heterocycles. The van der Waals surface area contributed by atoms with Crippen molar-refractivity contribution in [3.8, 4) is 0 Å². The molecule has 0 aromatic carbocycles. The maximum Gasteiger partial charge on any atom is 0.225 e. The van der Waals surface area contributed by atoms with Crippen LogP contribution in [0.3, 0.4) is 0 Å². The van der Waals surface area contributed by atoms with Crippen molar-refractivity contribution in [2.24, 2.45) is 0 Å². The molecule has 0 fully saturated rings. The second kappa shape index (κ2) is 9.09. The molecule has 1 amide bonds. The molecule has 1 aromatic rings. The fraction of sp³-hybridized carbons (Fsp3) is 0.571. The lowest BCUT2D eigenvalue weighted by Gasteiger charge is -2.04. The summed E-state index contributed by atoms with van der Waals surface area (Å²) >= 11 is 3.31. The number of carbonyl (C=O) groups excluding carboxylic acids is 1. The number of pyridine rings is 1. The van der Waals surface area contributed by atoms with Gasteiger partial charge < -0.3 is 5.32 Å². The molecule has 1 N–H and O–H groups in total. The maximum atomic E-state index is 11.6. The lowest BCUT2D eigenvalue weighted by Crippen LogP contribution is -2.11. The van der Waals surface area contributed by atoms with Gasteiger partial charge in [0.25, 0.3) is 0 Å². The Bertz CT molecular complexity index is 351. The standard InChI is InChI=1S/C14H21BrN2O/c1-2-3-4-5-6-7-8-14(18)17-13-10-9-12(15)11-16-13/h9-11H,2-8H2,1H3,(H,16,17,18). The average molecular weight is 313 g/mol. The first-order chi connectivity index (χ1) is 8.72. The van der Waals surface area contributed by atoms with Gasteiger partial charge in [0.2, 0.25) is 5.91 Å². The minimum absolute atomic E-state index is 0.0558. The van der Waals surface area contributed by atoms with Crippen molar-refractivity contribution in [1.82, 2.24) is 4.98 Å². The first kappa shape index (κ1) is 15.2. The Kier molecular flexibility index (Phi) is 7.65. The largest absolute Gasteiger partial charge is 0.311 e. The number of rotatable bonds is 8. The van der Waals surface area contributed by atoms with E-state index in [0.717, 1.165) is 17.3 Å². The van der Waals surface area contributed by atoms with Crippen molar-refractivity contribution in [2.45, 2.75) is 51.9 Å². The van der Waals surface area contributed by atoms with Gasteiger partial charge in [-0.05, 0) is 34.5 Å². The zero-order valence-electron chi connectivity index (χ0n) is 10.9. The minimum atomic E-state index is 0.0558. The highest BCUT2D eigenvalue weighted by atomic mass is 79.9. The molecule has 0 bridgehead atoms. The molecule has 0 atom stereocenters. The van der Waals surface area contributed by atoms with Gasteiger partial charge in [-0.25, -0.2) is 4.98 Å². The van der Waals surface area contributed by atoms with Gasteiger partial charge in [-0.2, -0.15) is 0 Å². The molecule has 0 aliphatic heterocycles. The Morgan fingerprint density at radius 3 is 2.61 bits per heavy atom. The quantitative estimate of drug-likeness (QED) is 0.716. The SMILES string of the molecule is CCCCCCCCC(=O)Nc1ccc(Br)cn1. The number of nitrogens with zero attached hydrogens (tertiary/aromatic N) is 1. The van der Waals surface area contributed by atoms with Crippen molar-refractivity contribution in [3.05, 3.63) is 22.8 Å². The third-order valence-corrected chi connectivity index (χ3v) is 3.22. The molecule has 0 aliphatic carbocycles. The first-order valence-corrected chi connectivity index (χ1v) is 7.43. The van der Waals surface area contributed by atoms with Crippen molar-refractivity contribution >= 4 is 27.7 Å². The van der Waals surface area contributed by atoms with Gasteiger partial charge in [-0.1, -0.05) is 39.0 Å². The van der Waals surface area contributed by atoms with Crippen molar-refractivity contribution in [3.63, 3.8) is 0 Å². The highest BCUT2D eigenvalue weighted by molar-refractivity contribution is 9.10. The van der Waals surface area contributed by atoms with Gasteiger partial charge in [0.15, 0.2) is 0 Å². The first-order valence-electron chi connectivity index (χ1n) is 6.63. The van der Waals surface area contributed by atoms with Crippen LogP contribution in [-0.4, -0.2) is 10.9 Å². The summed E-state index contributed by atoms with van der Waals surface area (Å²) in [4.78, 5) is 15.7. The van der Waals surface area contributed by atoms with E-state index in [1.165, 1.54) is 25.7 Å². The van der Waals surface area contributed by atoms with Crippen molar-refractivity contribution < 1.29 is 4.79 Å². The number of nitrogens with one attached hydrogen (secondary N) is 1. The molecule has 0 aliphatic rings. The maximum absolute atomic E-state index is 11.6. The Morgan fingerprint density at radius 1 is 1.22 bits per heavy atom. The number of amides is 1. The monoisotopic (exact) mass is 312 g/mol. The van der Waals surface area contributed by atoms with Gasteiger partial charge in [-0.3, -0.25) is 4.79 Å². The van der Waals surface area contributed by atoms with Crippen LogP contribution < -0.4 is 5.32 Å². The van der Waals surface area contributed by atoms with Gasteiger partial charge in [0.1, 0.15) is 5.82 Å². The third-order valence-electron chi connectivity index (χ3n) is 2.75. The summed E-state index contributed by atoms with van der Waals surface area (Å²) in [6.07, 6.45) is 9.45. The minimum Gasteiger partial charge on any atom is -0.311 e. The highest BCUT2D eigenvalue weighted by Gasteiger charge is 2.02. The van der Waals surface area contributed by atoms with E-state index >= 15 is 0 Å². The van der Waals surface area contributed by atoms with Gasteiger partial charge in [0, 0.05) is 17.1 Å². The molecule has 0 saturated heterocycles. The Hall–Kier alpha value is -0.900. The summed E-state index contributed by atoms with van der Waals surface area (Å²) in [6, 6.07) is 3.66. The summed E-state index contributed by atoms with van der Waals surface area (Å²) in [5.74, 6) is 0.675. The summed E-state index contributed by atoms with van der Waals surface area (Å²) < 4.78 is 0.913. The number of hydrogen-bond donors (Lipinski definition) is 1. The van der Waals surface area contributed by atoms with E-state index in [9.17, 15) is 4.79 Å². The molecule has 100 valence electrons. The molecule has 0 saturated carbocycles. The van der Waals surface area contributed by atoms with Crippen molar-refractivity contribution in [1.29, 1.82) is 0 Å². The second-order valence-corrected chi connectivity index (χ2v) is 5.34. The third kappa shape index (κ3) is 6.74. The second-order valence-electron chi connectivity index (χ2n) is 4.43. The summed E-state index contributed by atoms with van der Waals surface area (Å²) in [5, 5.41) is 2.80. The van der Waals surface area contributed by atoms with Crippen LogP contribution in [0.4, 0.5) is 5.82 Å². The van der Waals surface area contributed by atoms with Crippen LogP contribution in [0.25, 0.3) is 0 Å². The van der Waals surface area contributed by atoms with E-state index in [0.29, 0.717) is 12.2 Å². The van der Waals surface area contributed by atoms with Gasteiger partial charge in [-0.15, -0.1) is 0 Å². The molecular formula is C14H21BrN2O. The van der Waals surface area contributed by atoms with E-state index in [1.54, 1.807) is 12.3 Å². The van der Waals surface area contributed by atoms with Gasteiger partial charge >= 0.3 is 0 Å². The zero-order chi connectivity index (χ0) is 13.2. The number of halogens is 1. The molecule has 1 rings (SSSR count). The van der Waals surface area contributed by atoms with Crippen LogP contribution >= 0.6 is 15.9 Å². The zero-order valence-corrected chi connectivity index (χ0v) is 12.5. The topological polar surface area (TPSA) is 42.0 Å². The van der Waals surface area contributed by atoms with Crippen LogP contribution in [0.5, 0.6) is 0 Å². The fourth-order valence-corrected chi connectivity index (χ4v) is 1.96. The van der Waals surface area contributed by atoms with E-state index in [1.807, 2.05) is 6.07 Å². The number of aromatic nitrogens is 1.